The van der Waals surface area contributed by atoms with Gasteiger partial charge in [0.2, 0.25) is 0 Å². The zero-order chi connectivity index (χ0) is 22.6. The monoisotopic (exact) mass is 425 g/mol. The lowest BCUT2D eigenvalue weighted by Gasteiger charge is -2.30. The minimum atomic E-state index is 0.110. The van der Waals surface area contributed by atoms with Crippen LogP contribution in [0.2, 0.25) is 0 Å². The lowest BCUT2D eigenvalue weighted by molar-refractivity contribution is -0.896. The van der Waals surface area contributed by atoms with Gasteiger partial charge < -0.3 is 14.5 Å². The number of amides is 1. The van der Waals surface area contributed by atoms with Crippen molar-refractivity contribution < 1.29 is 14.4 Å². The molecule has 170 valence electrons. The normalized spacial score (nSPS) is 12.1. The van der Waals surface area contributed by atoms with Crippen LogP contribution in [0.15, 0.2) is 48.5 Å². The number of hydrogen-bond donors (Lipinski definition) is 1. The summed E-state index contributed by atoms with van der Waals surface area (Å²) in [6.45, 7) is 15.5. The van der Waals surface area contributed by atoms with Crippen molar-refractivity contribution in [2.45, 2.75) is 66.5 Å². The Labute approximate surface area is 189 Å². The Morgan fingerprint density at radius 1 is 0.935 bits per heavy atom. The van der Waals surface area contributed by atoms with Crippen LogP contribution in [0.4, 0.5) is 0 Å². The highest BCUT2D eigenvalue weighted by Gasteiger charge is 2.22. The Hall–Kier alpha value is -2.33. The summed E-state index contributed by atoms with van der Waals surface area (Å²) in [5.41, 5.74) is 3.15. The summed E-state index contributed by atoms with van der Waals surface area (Å²) >= 11 is 0. The second kappa shape index (κ2) is 13.2. The highest BCUT2D eigenvalue weighted by molar-refractivity contribution is 5.94. The SMILES string of the molecule is CCOc1ccc(CN(C(=O)c2ccc(CC)cc2)[C@@H](C)CCC[NH+](CC)CC)cc1. The van der Waals surface area contributed by atoms with Crippen molar-refractivity contribution in [2.75, 3.05) is 26.2 Å². The Morgan fingerprint density at radius 3 is 2.10 bits per heavy atom. The van der Waals surface area contributed by atoms with Crippen molar-refractivity contribution in [3.05, 3.63) is 65.2 Å². The van der Waals surface area contributed by atoms with Gasteiger partial charge in [-0.05, 0) is 82.3 Å². The molecule has 1 atom stereocenters. The summed E-state index contributed by atoms with van der Waals surface area (Å²) in [5, 5.41) is 0. The number of nitrogens with zero attached hydrogens (tertiary/aromatic N) is 1. The van der Waals surface area contributed by atoms with Crippen LogP contribution >= 0.6 is 0 Å². The van der Waals surface area contributed by atoms with Gasteiger partial charge in [-0.3, -0.25) is 4.79 Å². The highest BCUT2D eigenvalue weighted by atomic mass is 16.5. The summed E-state index contributed by atoms with van der Waals surface area (Å²) < 4.78 is 5.57. The Kier molecular flexibility index (Phi) is 10.6. The smallest absolute Gasteiger partial charge is 0.254 e. The molecule has 1 amide bonds. The number of nitrogens with one attached hydrogen (secondary N) is 1. The van der Waals surface area contributed by atoms with Crippen molar-refractivity contribution in [3.63, 3.8) is 0 Å². The maximum absolute atomic E-state index is 13.5. The Morgan fingerprint density at radius 2 is 1.55 bits per heavy atom. The van der Waals surface area contributed by atoms with Crippen LogP contribution in [0, 0.1) is 0 Å². The number of hydrogen-bond acceptors (Lipinski definition) is 2. The average molecular weight is 426 g/mol. The van der Waals surface area contributed by atoms with E-state index in [0.29, 0.717) is 13.2 Å². The predicted octanol–water partition coefficient (Wildman–Crippen LogP) is 4.38. The standard InChI is InChI=1S/C27H40N2O2/c1-6-23-12-16-25(17-13-23)27(30)29(22(5)11-10-20-28(7-2)8-3)21-24-14-18-26(19-15-24)31-9-4/h12-19,22H,6-11,20-21H2,1-5H3/p+1/t22-/m0/s1. The van der Waals surface area contributed by atoms with Gasteiger partial charge in [-0.25, -0.2) is 0 Å². The third kappa shape index (κ3) is 7.70. The summed E-state index contributed by atoms with van der Waals surface area (Å²) in [7, 11) is 0. The van der Waals surface area contributed by atoms with Crippen LogP contribution in [0.5, 0.6) is 5.75 Å². The average Bonchev–Trinajstić information content (AvgIpc) is 2.81. The van der Waals surface area contributed by atoms with E-state index in [1.54, 1.807) is 4.90 Å². The van der Waals surface area contributed by atoms with Crippen molar-refractivity contribution in [1.29, 1.82) is 0 Å². The van der Waals surface area contributed by atoms with Gasteiger partial charge >= 0.3 is 0 Å². The molecule has 0 saturated heterocycles. The van der Waals surface area contributed by atoms with E-state index >= 15 is 0 Å². The molecule has 0 aromatic heterocycles. The third-order valence-electron chi connectivity index (χ3n) is 6.14. The number of benzene rings is 2. The van der Waals surface area contributed by atoms with Crippen LogP contribution in [0.25, 0.3) is 0 Å². The molecule has 1 N–H and O–H groups in total. The molecule has 0 unspecified atom stereocenters. The zero-order valence-corrected chi connectivity index (χ0v) is 20.1. The fourth-order valence-corrected chi connectivity index (χ4v) is 3.94. The van der Waals surface area contributed by atoms with E-state index in [2.05, 4.69) is 52.0 Å². The third-order valence-corrected chi connectivity index (χ3v) is 6.14. The van der Waals surface area contributed by atoms with Crippen LogP contribution < -0.4 is 9.64 Å². The van der Waals surface area contributed by atoms with Crippen LogP contribution in [-0.2, 0) is 13.0 Å². The molecule has 0 heterocycles. The summed E-state index contributed by atoms with van der Waals surface area (Å²) in [4.78, 5) is 17.1. The molecule has 0 saturated carbocycles. The molecule has 2 aromatic carbocycles. The molecule has 2 aromatic rings. The van der Waals surface area contributed by atoms with Crippen molar-refractivity contribution in [3.8, 4) is 5.75 Å². The van der Waals surface area contributed by atoms with E-state index in [1.165, 1.54) is 5.56 Å². The van der Waals surface area contributed by atoms with E-state index in [1.807, 2.05) is 36.1 Å². The van der Waals surface area contributed by atoms with Gasteiger partial charge in [0.1, 0.15) is 5.75 Å². The lowest BCUT2D eigenvalue weighted by atomic mass is 10.0. The maximum atomic E-state index is 13.5. The second-order valence-corrected chi connectivity index (χ2v) is 8.26. The zero-order valence-electron chi connectivity index (χ0n) is 20.1. The minimum Gasteiger partial charge on any atom is -0.494 e. The van der Waals surface area contributed by atoms with E-state index in [4.69, 9.17) is 4.74 Å². The molecule has 2 rings (SSSR count). The van der Waals surface area contributed by atoms with Gasteiger partial charge in [0.05, 0.1) is 26.2 Å². The lowest BCUT2D eigenvalue weighted by Crippen LogP contribution is -3.11. The first kappa shape index (κ1) is 24.9. The summed E-state index contributed by atoms with van der Waals surface area (Å²) in [6, 6.07) is 16.4. The van der Waals surface area contributed by atoms with Crippen molar-refractivity contribution in [1.82, 2.24) is 4.90 Å². The van der Waals surface area contributed by atoms with Crippen molar-refractivity contribution >= 4 is 5.91 Å². The first-order valence-corrected chi connectivity index (χ1v) is 12.0. The summed E-state index contributed by atoms with van der Waals surface area (Å²) in [5.74, 6) is 0.980. The highest BCUT2D eigenvalue weighted by Crippen LogP contribution is 2.19. The minimum absolute atomic E-state index is 0.110. The molecular formula is C27H41N2O2+. The van der Waals surface area contributed by atoms with E-state index in [0.717, 1.165) is 55.8 Å². The molecule has 0 radical (unpaired) electrons. The molecule has 4 nitrogen and oxygen atoms in total. The number of ether oxygens (including phenoxy) is 1. The molecule has 31 heavy (non-hydrogen) atoms. The number of carbonyl (C=O) groups excluding carboxylic acids is 1. The van der Waals surface area contributed by atoms with E-state index in [9.17, 15) is 4.79 Å². The van der Waals surface area contributed by atoms with Gasteiger partial charge in [0.15, 0.2) is 0 Å². The molecule has 0 fully saturated rings. The number of quaternary nitrogens is 1. The predicted molar refractivity (Wildman–Crippen MR) is 129 cm³/mol. The topological polar surface area (TPSA) is 34.0 Å². The Balaban J connectivity index is 2.15. The molecule has 0 aliphatic rings. The number of aryl methyl sites for hydroxylation is 1. The quantitative estimate of drug-likeness (QED) is 0.517. The van der Waals surface area contributed by atoms with Gasteiger partial charge in [-0.15, -0.1) is 0 Å². The number of carbonyl (C=O) groups is 1. The fraction of sp³-hybridized carbons (Fsp3) is 0.519. The molecule has 0 aliphatic carbocycles. The molecule has 4 heteroatoms. The fourth-order valence-electron chi connectivity index (χ4n) is 3.94. The van der Waals surface area contributed by atoms with Crippen LogP contribution in [-0.4, -0.2) is 43.1 Å². The molecule has 0 bridgehead atoms. The molecule has 0 spiro atoms. The maximum Gasteiger partial charge on any atom is 0.254 e. The van der Waals surface area contributed by atoms with Crippen LogP contribution in [0.1, 0.15) is 68.9 Å². The van der Waals surface area contributed by atoms with E-state index < -0.39 is 0 Å². The number of rotatable bonds is 13. The first-order chi connectivity index (χ1) is 15.0. The molecular weight excluding hydrogens is 384 g/mol. The van der Waals surface area contributed by atoms with Crippen molar-refractivity contribution in [2.24, 2.45) is 0 Å². The first-order valence-electron chi connectivity index (χ1n) is 12.0. The van der Waals surface area contributed by atoms with E-state index in [-0.39, 0.29) is 11.9 Å². The Bertz CT molecular complexity index is 767. The van der Waals surface area contributed by atoms with Gasteiger partial charge in [0.25, 0.3) is 5.91 Å². The second-order valence-electron chi connectivity index (χ2n) is 8.26. The molecule has 0 aliphatic heterocycles. The van der Waals surface area contributed by atoms with Gasteiger partial charge in [-0.1, -0.05) is 31.2 Å². The van der Waals surface area contributed by atoms with Gasteiger partial charge in [0, 0.05) is 18.2 Å². The van der Waals surface area contributed by atoms with Crippen LogP contribution in [0.3, 0.4) is 0 Å². The summed E-state index contributed by atoms with van der Waals surface area (Å²) in [6.07, 6.45) is 3.12. The largest absolute Gasteiger partial charge is 0.494 e. The van der Waals surface area contributed by atoms with Gasteiger partial charge in [-0.2, -0.15) is 0 Å².